The standard InChI is InChI=1S/C6H6.C5H10O/c1-2-4-6-5-3-1;1-2-3-4-5-6/h1-6H;5H,2-4H2,1H3. The molecule has 0 unspecified atom stereocenters. The summed E-state index contributed by atoms with van der Waals surface area (Å²) in [5, 5.41) is 0. The van der Waals surface area contributed by atoms with Gasteiger partial charge in [-0.05, 0) is 6.42 Å². The van der Waals surface area contributed by atoms with Crippen molar-refractivity contribution in [2.45, 2.75) is 26.2 Å². The third-order valence-corrected chi connectivity index (χ3v) is 1.34. The SMILES string of the molecule is CCCCC=O.c1ccccc1. The molecule has 0 amide bonds. The molecule has 0 fully saturated rings. The number of unbranched alkanes of at least 4 members (excludes halogenated alkanes) is 2. The number of carbonyl (C=O) groups is 1. The Bertz CT molecular complexity index is 143. The van der Waals surface area contributed by atoms with Crippen LogP contribution in [0.25, 0.3) is 0 Å². The second-order valence-corrected chi connectivity index (χ2v) is 2.46. The Morgan fingerprint density at radius 1 is 1.00 bits per heavy atom. The molecule has 0 N–H and O–H groups in total. The minimum Gasteiger partial charge on any atom is -0.303 e. The number of aldehydes is 1. The molecule has 0 aliphatic carbocycles. The van der Waals surface area contributed by atoms with Gasteiger partial charge in [-0.3, -0.25) is 0 Å². The Balaban J connectivity index is 0.000000202. The van der Waals surface area contributed by atoms with Gasteiger partial charge in [0.05, 0.1) is 0 Å². The van der Waals surface area contributed by atoms with Gasteiger partial charge in [-0.1, -0.05) is 49.7 Å². The van der Waals surface area contributed by atoms with Gasteiger partial charge in [0.25, 0.3) is 0 Å². The van der Waals surface area contributed by atoms with Gasteiger partial charge in [-0.15, -0.1) is 0 Å². The Labute approximate surface area is 74.4 Å². The highest BCUT2D eigenvalue weighted by Crippen LogP contribution is 1.87. The quantitative estimate of drug-likeness (QED) is 0.495. The zero-order valence-corrected chi connectivity index (χ0v) is 7.57. The van der Waals surface area contributed by atoms with E-state index in [9.17, 15) is 4.79 Å². The second-order valence-electron chi connectivity index (χ2n) is 2.46. The average molecular weight is 164 g/mol. The van der Waals surface area contributed by atoms with Crippen LogP contribution in [0.1, 0.15) is 26.2 Å². The van der Waals surface area contributed by atoms with Crippen LogP contribution in [0.2, 0.25) is 0 Å². The summed E-state index contributed by atoms with van der Waals surface area (Å²) in [5.41, 5.74) is 0. The first-order chi connectivity index (χ1) is 5.91. The fourth-order valence-corrected chi connectivity index (χ4v) is 0.672. The van der Waals surface area contributed by atoms with Crippen molar-refractivity contribution in [3.8, 4) is 0 Å². The first kappa shape index (κ1) is 10.9. The highest BCUT2D eigenvalue weighted by molar-refractivity contribution is 5.48. The highest BCUT2D eigenvalue weighted by Gasteiger charge is 1.75. The molecule has 0 bridgehead atoms. The van der Waals surface area contributed by atoms with Gasteiger partial charge < -0.3 is 4.79 Å². The van der Waals surface area contributed by atoms with E-state index in [0.29, 0.717) is 0 Å². The smallest absolute Gasteiger partial charge is 0.119 e. The lowest BCUT2D eigenvalue weighted by molar-refractivity contribution is -0.107. The van der Waals surface area contributed by atoms with Crippen molar-refractivity contribution in [2.24, 2.45) is 0 Å². The summed E-state index contributed by atoms with van der Waals surface area (Å²) in [6, 6.07) is 12.0. The molecule has 0 aliphatic rings. The predicted octanol–water partition coefficient (Wildman–Crippen LogP) is 3.06. The molecular weight excluding hydrogens is 148 g/mol. The first-order valence-electron chi connectivity index (χ1n) is 4.35. The van der Waals surface area contributed by atoms with E-state index < -0.39 is 0 Å². The Morgan fingerprint density at radius 2 is 1.42 bits per heavy atom. The van der Waals surface area contributed by atoms with Gasteiger partial charge >= 0.3 is 0 Å². The highest BCUT2D eigenvalue weighted by atomic mass is 16.1. The molecule has 0 aromatic heterocycles. The van der Waals surface area contributed by atoms with Gasteiger partial charge in [0.1, 0.15) is 6.29 Å². The Morgan fingerprint density at radius 3 is 1.58 bits per heavy atom. The molecule has 1 heteroatoms. The summed E-state index contributed by atoms with van der Waals surface area (Å²) in [6.45, 7) is 2.07. The number of carbonyl (C=O) groups excluding carboxylic acids is 1. The van der Waals surface area contributed by atoms with E-state index in [1.807, 2.05) is 36.4 Å². The van der Waals surface area contributed by atoms with Crippen LogP contribution < -0.4 is 0 Å². The van der Waals surface area contributed by atoms with Crippen molar-refractivity contribution < 1.29 is 4.79 Å². The molecule has 1 aromatic rings. The van der Waals surface area contributed by atoms with Crippen LogP contribution in [0.4, 0.5) is 0 Å². The molecule has 0 saturated carbocycles. The first-order valence-corrected chi connectivity index (χ1v) is 4.35. The summed E-state index contributed by atoms with van der Waals surface area (Å²) >= 11 is 0. The van der Waals surface area contributed by atoms with Crippen LogP contribution in [0.15, 0.2) is 36.4 Å². The lowest BCUT2D eigenvalue weighted by atomic mass is 10.3. The van der Waals surface area contributed by atoms with E-state index >= 15 is 0 Å². The fourth-order valence-electron chi connectivity index (χ4n) is 0.672. The zero-order chi connectivity index (χ0) is 9.07. The van der Waals surface area contributed by atoms with Crippen molar-refractivity contribution >= 4 is 6.29 Å². The molecule has 12 heavy (non-hydrogen) atoms. The van der Waals surface area contributed by atoms with Crippen LogP contribution in [0, 0.1) is 0 Å². The van der Waals surface area contributed by atoms with Crippen LogP contribution >= 0.6 is 0 Å². The summed E-state index contributed by atoms with van der Waals surface area (Å²) in [6.07, 6.45) is 3.86. The topological polar surface area (TPSA) is 17.1 Å². The third kappa shape index (κ3) is 8.89. The molecule has 1 rings (SSSR count). The average Bonchev–Trinajstić information content (AvgIpc) is 2.18. The summed E-state index contributed by atoms with van der Waals surface area (Å²) in [5.74, 6) is 0. The molecule has 0 heterocycles. The zero-order valence-electron chi connectivity index (χ0n) is 7.57. The van der Waals surface area contributed by atoms with Crippen molar-refractivity contribution in [3.63, 3.8) is 0 Å². The van der Waals surface area contributed by atoms with Crippen molar-refractivity contribution in [1.82, 2.24) is 0 Å². The van der Waals surface area contributed by atoms with Crippen molar-refractivity contribution in [1.29, 1.82) is 0 Å². The van der Waals surface area contributed by atoms with Crippen LogP contribution in [-0.4, -0.2) is 6.29 Å². The molecule has 0 radical (unpaired) electrons. The van der Waals surface area contributed by atoms with Crippen molar-refractivity contribution in [3.05, 3.63) is 36.4 Å². The fraction of sp³-hybridized carbons (Fsp3) is 0.364. The minimum atomic E-state index is 0.733. The van der Waals surface area contributed by atoms with Gasteiger partial charge in [0, 0.05) is 6.42 Å². The van der Waals surface area contributed by atoms with E-state index in [0.717, 1.165) is 25.5 Å². The Kier molecular flexibility index (Phi) is 8.98. The van der Waals surface area contributed by atoms with Gasteiger partial charge in [-0.25, -0.2) is 0 Å². The predicted molar refractivity (Wildman–Crippen MR) is 52.0 cm³/mol. The summed E-state index contributed by atoms with van der Waals surface area (Å²) < 4.78 is 0. The van der Waals surface area contributed by atoms with Gasteiger partial charge in [0.2, 0.25) is 0 Å². The van der Waals surface area contributed by atoms with Gasteiger partial charge in [0.15, 0.2) is 0 Å². The molecule has 66 valence electrons. The molecule has 0 aliphatic heterocycles. The largest absolute Gasteiger partial charge is 0.303 e. The molecule has 0 atom stereocenters. The van der Waals surface area contributed by atoms with Crippen molar-refractivity contribution in [2.75, 3.05) is 0 Å². The third-order valence-electron chi connectivity index (χ3n) is 1.34. The van der Waals surface area contributed by atoms with Gasteiger partial charge in [-0.2, -0.15) is 0 Å². The van der Waals surface area contributed by atoms with Crippen LogP contribution in [-0.2, 0) is 4.79 Å². The summed E-state index contributed by atoms with van der Waals surface area (Å²) in [4.78, 5) is 9.56. The van der Waals surface area contributed by atoms with Crippen LogP contribution in [0.5, 0.6) is 0 Å². The number of hydrogen-bond acceptors (Lipinski definition) is 1. The molecule has 1 aromatic carbocycles. The number of rotatable bonds is 3. The molecule has 0 spiro atoms. The van der Waals surface area contributed by atoms with E-state index in [1.165, 1.54) is 0 Å². The van der Waals surface area contributed by atoms with Crippen LogP contribution in [0.3, 0.4) is 0 Å². The Hall–Kier alpha value is -1.11. The number of hydrogen-bond donors (Lipinski definition) is 0. The lowest BCUT2D eigenvalue weighted by Crippen LogP contribution is -1.70. The second kappa shape index (κ2) is 9.89. The molecule has 1 nitrogen and oxygen atoms in total. The van der Waals surface area contributed by atoms with E-state index in [4.69, 9.17) is 0 Å². The monoisotopic (exact) mass is 164 g/mol. The maximum atomic E-state index is 9.56. The van der Waals surface area contributed by atoms with E-state index in [-0.39, 0.29) is 0 Å². The van der Waals surface area contributed by atoms with E-state index in [2.05, 4.69) is 6.92 Å². The number of benzene rings is 1. The lowest BCUT2D eigenvalue weighted by Gasteiger charge is -1.79. The summed E-state index contributed by atoms with van der Waals surface area (Å²) in [7, 11) is 0. The van der Waals surface area contributed by atoms with E-state index in [1.54, 1.807) is 0 Å². The maximum absolute atomic E-state index is 9.56. The normalized spacial score (nSPS) is 8.08. The maximum Gasteiger partial charge on any atom is 0.119 e. The molecular formula is C11H16O. The molecule has 0 saturated heterocycles. The minimum absolute atomic E-state index is 0.733.